The number of carbonyl (C=O) groups is 1. The van der Waals surface area contributed by atoms with E-state index in [-0.39, 0.29) is 18.3 Å². The third-order valence-corrected chi connectivity index (χ3v) is 4.48. The van der Waals surface area contributed by atoms with Gasteiger partial charge in [0.05, 0.1) is 13.2 Å². The van der Waals surface area contributed by atoms with Crippen LogP contribution in [0.4, 0.5) is 0 Å². The van der Waals surface area contributed by atoms with Gasteiger partial charge in [-0.3, -0.25) is 9.69 Å². The molecule has 3 heterocycles. The van der Waals surface area contributed by atoms with Gasteiger partial charge in [-0.05, 0) is 25.2 Å². The van der Waals surface area contributed by atoms with Crippen molar-refractivity contribution >= 4 is 5.78 Å². The van der Waals surface area contributed by atoms with Gasteiger partial charge in [-0.25, -0.2) is 0 Å². The number of piperidine rings is 3. The van der Waals surface area contributed by atoms with E-state index in [0.29, 0.717) is 18.6 Å². The number of methoxy groups -OCH3 is 1. The largest absolute Gasteiger partial charge is 0.394 e. The Morgan fingerprint density at radius 2 is 2.28 bits per heavy atom. The normalized spacial score (nSPS) is 39.6. The lowest BCUT2D eigenvalue weighted by atomic mass is 9.69. The number of aliphatic hydroxyl groups is 1. The second kappa shape index (κ2) is 5.27. The topological polar surface area (TPSA) is 49.8 Å². The van der Waals surface area contributed by atoms with E-state index in [9.17, 15) is 9.90 Å². The Morgan fingerprint density at radius 3 is 2.83 bits per heavy atom. The SMILES string of the molecule is COC[C@@]1(CO)C(=O)[C@@H]2CCN1[C@@H](CC(C)C)C2. The van der Waals surface area contributed by atoms with Crippen molar-refractivity contribution in [2.75, 3.05) is 26.9 Å². The van der Waals surface area contributed by atoms with Gasteiger partial charge in [0.25, 0.3) is 0 Å². The quantitative estimate of drug-likeness (QED) is 0.798. The summed E-state index contributed by atoms with van der Waals surface area (Å²) in [4.78, 5) is 14.7. The van der Waals surface area contributed by atoms with Gasteiger partial charge in [0.1, 0.15) is 5.54 Å². The van der Waals surface area contributed by atoms with E-state index in [1.807, 2.05) is 0 Å². The first-order valence-corrected chi connectivity index (χ1v) is 6.96. The van der Waals surface area contributed by atoms with Crippen LogP contribution in [0.1, 0.15) is 33.1 Å². The first-order chi connectivity index (χ1) is 8.55. The highest BCUT2D eigenvalue weighted by atomic mass is 16.5. The van der Waals surface area contributed by atoms with E-state index in [0.717, 1.165) is 25.8 Å². The minimum atomic E-state index is -0.768. The highest BCUT2D eigenvalue weighted by molar-refractivity contribution is 5.92. The zero-order valence-corrected chi connectivity index (χ0v) is 11.7. The Balaban J connectivity index is 2.25. The molecule has 0 aromatic heterocycles. The molecule has 0 aliphatic carbocycles. The summed E-state index contributed by atoms with van der Waals surface area (Å²) in [7, 11) is 1.60. The van der Waals surface area contributed by atoms with Crippen LogP contribution in [-0.2, 0) is 9.53 Å². The maximum atomic E-state index is 12.5. The van der Waals surface area contributed by atoms with Crippen LogP contribution in [0.25, 0.3) is 0 Å². The molecule has 3 saturated heterocycles. The average molecular weight is 255 g/mol. The Morgan fingerprint density at radius 1 is 1.56 bits per heavy atom. The Kier molecular flexibility index (Phi) is 4.09. The highest BCUT2D eigenvalue weighted by Gasteiger charge is 2.56. The van der Waals surface area contributed by atoms with Gasteiger partial charge < -0.3 is 9.84 Å². The summed E-state index contributed by atoms with van der Waals surface area (Å²) in [6.07, 6.45) is 3.00. The number of fused-ring (bicyclic) bond motifs is 3. The molecule has 0 saturated carbocycles. The fraction of sp³-hybridized carbons (Fsp3) is 0.929. The second-order valence-electron chi connectivity index (χ2n) is 6.19. The molecule has 0 aromatic rings. The van der Waals surface area contributed by atoms with Crippen molar-refractivity contribution in [3.8, 4) is 0 Å². The smallest absolute Gasteiger partial charge is 0.161 e. The Labute approximate surface area is 109 Å². The number of aliphatic hydroxyl groups excluding tert-OH is 1. The molecule has 3 aliphatic rings. The molecule has 3 rings (SSSR count). The lowest BCUT2D eigenvalue weighted by Gasteiger charge is -2.56. The van der Waals surface area contributed by atoms with Crippen LogP contribution in [0.3, 0.4) is 0 Å². The monoisotopic (exact) mass is 255 g/mol. The van der Waals surface area contributed by atoms with E-state index >= 15 is 0 Å². The van der Waals surface area contributed by atoms with Gasteiger partial charge in [0, 0.05) is 25.6 Å². The number of ether oxygens (including phenoxy) is 1. The molecular formula is C14H25NO3. The van der Waals surface area contributed by atoms with Gasteiger partial charge >= 0.3 is 0 Å². The number of Topliss-reactive ketones (excluding diaryl/α,β-unsaturated/α-hetero) is 1. The molecule has 0 amide bonds. The van der Waals surface area contributed by atoms with Gasteiger partial charge in [-0.2, -0.15) is 0 Å². The summed E-state index contributed by atoms with van der Waals surface area (Å²) >= 11 is 0. The van der Waals surface area contributed by atoms with Crippen LogP contribution in [0.15, 0.2) is 0 Å². The van der Waals surface area contributed by atoms with Gasteiger partial charge in [-0.1, -0.05) is 13.8 Å². The maximum absolute atomic E-state index is 12.5. The summed E-state index contributed by atoms with van der Waals surface area (Å²) in [5, 5.41) is 9.77. The van der Waals surface area contributed by atoms with Crippen LogP contribution in [0.5, 0.6) is 0 Å². The van der Waals surface area contributed by atoms with Crippen molar-refractivity contribution in [1.29, 1.82) is 0 Å². The van der Waals surface area contributed by atoms with Crippen molar-refractivity contribution in [2.45, 2.75) is 44.7 Å². The highest BCUT2D eigenvalue weighted by Crippen LogP contribution is 2.41. The van der Waals surface area contributed by atoms with Crippen molar-refractivity contribution in [2.24, 2.45) is 11.8 Å². The fourth-order valence-corrected chi connectivity index (χ4v) is 3.75. The molecule has 0 radical (unpaired) electrons. The number of rotatable bonds is 5. The van der Waals surface area contributed by atoms with E-state index in [1.165, 1.54) is 0 Å². The van der Waals surface area contributed by atoms with E-state index in [1.54, 1.807) is 7.11 Å². The average Bonchev–Trinajstić information content (AvgIpc) is 2.33. The first kappa shape index (κ1) is 14.0. The number of hydrogen-bond acceptors (Lipinski definition) is 4. The van der Waals surface area contributed by atoms with Gasteiger partial charge in [0.2, 0.25) is 0 Å². The second-order valence-corrected chi connectivity index (χ2v) is 6.19. The predicted octanol–water partition coefficient (Wildman–Crippen LogP) is 1.07. The molecule has 1 unspecified atom stereocenters. The lowest BCUT2D eigenvalue weighted by molar-refractivity contribution is -0.167. The number of nitrogens with zero attached hydrogens (tertiary/aromatic N) is 1. The van der Waals surface area contributed by atoms with Crippen LogP contribution >= 0.6 is 0 Å². The number of carbonyl (C=O) groups excluding carboxylic acids is 1. The molecular weight excluding hydrogens is 230 g/mol. The van der Waals surface area contributed by atoms with Crippen molar-refractivity contribution in [1.82, 2.24) is 4.90 Å². The summed E-state index contributed by atoms with van der Waals surface area (Å²) in [6.45, 7) is 5.53. The Bertz CT molecular complexity index is 318. The summed E-state index contributed by atoms with van der Waals surface area (Å²) in [5.74, 6) is 0.933. The molecule has 3 aliphatic heterocycles. The lowest BCUT2D eigenvalue weighted by Crippen LogP contribution is -2.72. The first-order valence-electron chi connectivity index (χ1n) is 6.96. The van der Waals surface area contributed by atoms with Crippen molar-refractivity contribution in [3.63, 3.8) is 0 Å². The molecule has 1 N–H and O–H groups in total. The minimum absolute atomic E-state index is 0.120. The number of hydrogen-bond donors (Lipinski definition) is 1. The molecule has 4 nitrogen and oxygen atoms in total. The molecule has 0 aromatic carbocycles. The summed E-state index contributed by atoms with van der Waals surface area (Å²) in [6, 6.07) is 0.420. The molecule has 4 atom stereocenters. The third kappa shape index (κ3) is 2.10. The zero-order valence-electron chi connectivity index (χ0n) is 11.7. The molecule has 2 bridgehead atoms. The zero-order chi connectivity index (χ0) is 13.3. The van der Waals surface area contributed by atoms with E-state index in [4.69, 9.17) is 4.74 Å². The molecule has 104 valence electrons. The van der Waals surface area contributed by atoms with Crippen molar-refractivity contribution in [3.05, 3.63) is 0 Å². The van der Waals surface area contributed by atoms with Crippen LogP contribution in [0, 0.1) is 11.8 Å². The van der Waals surface area contributed by atoms with Crippen LogP contribution < -0.4 is 0 Å². The van der Waals surface area contributed by atoms with E-state index < -0.39 is 5.54 Å². The third-order valence-electron chi connectivity index (χ3n) is 4.48. The molecule has 0 spiro atoms. The Hall–Kier alpha value is -0.450. The summed E-state index contributed by atoms with van der Waals surface area (Å²) < 4.78 is 5.23. The maximum Gasteiger partial charge on any atom is 0.161 e. The van der Waals surface area contributed by atoms with E-state index in [2.05, 4.69) is 18.7 Å². The van der Waals surface area contributed by atoms with Crippen LogP contribution in [0.2, 0.25) is 0 Å². The van der Waals surface area contributed by atoms with Gasteiger partial charge in [0.15, 0.2) is 5.78 Å². The van der Waals surface area contributed by atoms with Crippen LogP contribution in [-0.4, -0.2) is 54.2 Å². The summed E-state index contributed by atoms with van der Waals surface area (Å²) in [5.41, 5.74) is -0.768. The minimum Gasteiger partial charge on any atom is -0.394 e. The molecule has 4 heteroatoms. The fourth-order valence-electron chi connectivity index (χ4n) is 3.75. The molecule has 3 fully saturated rings. The van der Waals surface area contributed by atoms with Gasteiger partial charge in [-0.15, -0.1) is 0 Å². The predicted molar refractivity (Wildman–Crippen MR) is 69.4 cm³/mol. The molecule has 18 heavy (non-hydrogen) atoms. The van der Waals surface area contributed by atoms with Crippen molar-refractivity contribution < 1.29 is 14.6 Å². The standard InChI is InChI=1S/C14H25NO3/c1-10(2)6-12-7-11-4-5-15(12)14(8-16,9-18-3)13(11)17/h10-12,16H,4-9H2,1-3H3/t11-,12+,14+/m1/s1. The number of ketones is 1.